The van der Waals surface area contributed by atoms with E-state index in [0.717, 1.165) is 23.7 Å². The van der Waals surface area contributed by atoms with Gasteiger partial charge in [0.05, 0.1) is 16.7 Å². The summed E-state index contributed by atoms with van der Waals surface area (Å²) in [5.41, 5.74) is 15.8. The third kappa shape index (κ3) is 4.36. The minimum absolute atomic E-state index is 0.0982. The van der Waals surface area contributed by atoms with Crippen LogP contribution in [0.2, 0.25) is 0 Å². The highest BCUT2D eigenvalue weighted by molar-refractivity contribution is 6.16. The molecule has 3 fully saturated rings. The van der Waals surface area contributed by atoms with E-state index in [1.54, 1.807) is 11.1 Å². The second kappa shape index (κ2) is 11.8. The van der Waals surface area contributed by atoms with Crippen molar-refractivity contribution in [2.45, 2.75) is 31.1 Å². The highest BCUT2D eigenvalue weighted by Gasteiger charge is 2.65. The van der Waals surface area contributed by atoms with E-state index >= 15 is 0 Å². The lowest BCUT2D eigenvalue weighted by Gasteiger charge is -2.68. The number of nitrogens with zero attached hydrogens (tertiary/aromatic N) is 2. The van der Waals surface area contributed by atoms with Gasteiger partial charge in [0.1, 0.15) is 0 Å². The number of fused-ring (bicyclic) bond motifs is 10. The van der Waals surface area contributed by atoms with Gasteiger partial charge in [0.15, 0.2) is 0 Å². The molecular formula is C55H42N2. The van der Waals surface area contributed by atoms with Crippen LogP contribution in [0.1, 0.15) is 36.8 Å². The van der Waals surface area contributed by atoms with E-state index in [1.165, 1.54) is 103 Å². The van der Waals surface area contributed by atoms with E-state index in [1.807, 2.05) is 0 Å². The lowest BCUT2D eigenvalue weighted by atomic mass is 9.36. The molecule has 0 saturated heterocycles. The molecule has 1 aromatic heterocycles. The largest absolute Gasteiger partial charge is 0.310 e. The maximum Gasteiger partial charge on any atom is 0.0562 e. The maximum absolute atomic E-state index is 2.62. The molecule has 272 valence electrons. The van der Waals surface area contributed by atoms with Crippen LogP contribution in [0.4, 0.5) is 17.1 Å². The molecule has 5 atom stereocenters. The molecule has 1 heterocycles. The van der Waals surface area contributed by atoms with Crippen molar-refractivity contribution >= 4 is 49.6 Å². The van der Waals surface area contributed by atoms with E-state index in [-0.39, 0.29) is 5.41 Å². The number of benzene rings is 8. The first kappa shape index (κ1) is 31.8. The maximum atomic E-state index is 2.62. The van der Waals surface area contributed by atoms with E-state index in [0.29, 0.717) is 0 Å². The summed E-state index contributed by atoms with van der Waals surface area (Å²) in [6.45, 7) is 0. The van der Waals surface area contributed by atoms with Crippen molar-refractivity contribution in [3.8, 4) is 27.9 Å². The summed E-state index contributed by atoms with van der Waals surface area (Å²) in [5.74, 6) is 3.54. The van der Waals surface area contributed by atoms with Gasteiger partial charge in [0.25, 0.3) is 0 Å². The van der Waals surface area contributed by atoms with Gasteiger partial charge >= 0.3 is 0 Å². The summed E-state index contributed by atoms with van der Waals surface area (Å²) in [6.07, 6.45) is 5.47. The number of rotatable bonds is 5. The van der Waals surface area contributed by atoms with Crippen molar-refractivity contribution < 1.29 is 0 Å². The van der Waals surface area contributed by atoms with Crippen LogP contribution in [0.15, 0.2) is 182 Å². The van der Waals surface area contributed by atoms with Gasteiger partial charge in [-0.15, -0.1) is 0 Å². The van der Waals surface area contributed by atoms with Crippen LogP contribution in [0.3, 0.4) is 0 Å². The van der Waals surface area contributed by atoms with Crippen molar-refractivity contribution in [1.29, 1.82) is 0 Å². The van der Waals surface area contributed by atoms with Gasteiger partial charge in [-0.3, -0.25) is 0 Å². The van der Waals surface area contributed by atoms with Gasteiger partial charge in [-0.2, -0.15) is 0 Å². The number of hydrogen-bond donors (Lipinski definition) is 0. The summed E-state index contributed by atoms with van der Waals surface area (Å²) in [6, 6.07) is 68.3. The van der Waals surface area contributed by atoms with Crippen molar-refractivity contribution in [1.82, 2.24) is 4.57 Å². The minimum Gasteiger partial charge on any atom is -0.310 e. The Kier molecular flexibility index (Phi) is 6.59. The fraction of sp³-hybridized carbons (Fsp3) is 0.164. The van der Waals surface area contributed by atoms with Crippen molar-refractivity contribution in [3.05, 3.63) is 193 Å². The van der Waals surface area contributed by atoms with E-state index in [9.17, 15) is 0 Å². The molecule has 0 bridgehead atoms. The Morgan fingerprint density at radius 2 is 1.25 bits per heavy atom. The summed E-state index contributed by atoms with van der Waals surface area (Å²) in [7, 11) is 0. The third-order valence-electron chi connectivity index (χ3n) is 14.8. The molecule has 2 heteroatoms. The molecule has 2 nitrogen and oxygen atoms in total. The van der Waals surface area contributed by atoms with Crippen molar-refractivity contribution in [3.63, 3.8) is 0 Å². The average molecular weight is 731 g/mol. The fourth-order valence-corrected chi connectivity index (χ4v) is 12.4. The van der Waals surface area contributed by atoms with Gasteiger partial charge in [0, 0.05) is 33.2 Å². The molecular weight excluding hydrogens is 689 g/mol. The highest BCUT2D eigenvalue weighted by Crippen LogP contribution is 2.73. The molecule has 0 amide bonds. The van der Waals surface area contributed by atoms with Crippen LogP contribution in [0, 0.1) is 23.7 Å². The SMILES string of the molecule is c1ccc(-n2c3ccccc3c3c(N(c4ccc(-c5ccc6ccccc6c5)cc4)c4ccc5c(c4)C4(CCC6CC7CC4C67)c4ccccc4-5)cccc32)cc1. The second-order valence-corrected chi connectivity index (χ2v) is 17.3. The van der Waals surface area contributed by atoms with Crippen molar-refractivity contribution in [2.24, 2.45) is 23.7 Å². The van der Waals surface area contributed by atoms with Crippen LogP contribution in [0.25, 0.3) is 60.5 Å². The predicted octanol–water partition coefficient (Wildman–Crippen LogP) is 14.4. The van der Waals surface area contributed by atoms with Crippen LogP contribution in [-0.2, 0) is 5.41 Å². The first-order valence-corrected chi connectivity index (χ1v) is 21.0. The van der Waals surface area contributed by atoms with Gasteiger partial charge in [-0.1, -0.05) is 121 Å². The molecule has 57 heavy (non-hydrogen) atoms. The summed E-state index contributed by atoms with van der Waals surface area (Å²) >= 11 is 0. The molecule has 5 unspecified atom stereocenters. The van der Waals surface area contributed by atoms with Crippen molar-refractivity contribution in [2.75, 3.05) is 4.90 Å². The molecule has 8 aromatic carbocycles. The Hall–Kier alpha value is -6.38. The minimum atomic E-state index is 0.0982. The number of anilines is 3. The van der Waals surface area contributed by atoms with Gasteiger partial charge in [-0.05, 0) is 154 Å². The molecule has 9 aromatic rings. The summed E-state index contributed by atoms with van der Waals surface area (Å²) < 4.78 is 2.44. The van der Waals surface area contributed by atoms with E-state index < -0.39 is 0 Å². The lowest BCUT2D eigenvalue weighted by molar-refractivity contribution is -0.149. The lowest BCUT2D eigenvalue weighted by Crippen LogP contribution is -2.62. The third-order valence-corrected chi connectivity index (χ3v) is 14.8. The van der Waals surface area contributed by atoms with E-state index in [2.05, 4.69) is 191 Å². The Labute approximate surface area is 333 Å². The van der Waals surface area contributed by atoms with Gasteiger partial charge < -0.3 is 9.47 Å². The first-order chi connectivity index (χ1) is 28.2. The Morgan fingerprint density at radius 3 is 2.14 bits per heavy atom. The summed E-state index contributed by atoms with van der Waals surface area (Å²) in [5, 5.41) is 5.07. The standard InChI is InChI=1S/C55H42N2/c1-2-13-41(14-3-1)57-50-18-9-7-16-46(50)54-51(19-10-20-52(54)57)56(42-25-23-36(24-26-42)38-22-21-35-11-4-5-12-37(35)31-38)43-27-28-45-44-15-6-8-17-47(44)55(48(45)34-43)30-29-39-32-40-33-49(55)53(39)40/h1-28,31,34,39-40,49,53H,29-30,32-33H2. The molecule has 0 N–H and O–H groups in total. The fourth-order valence-electron chi connectivity index (χ4n) is 12.4. The van der Waals surface area contributed by atoms with Gasteiger partial charge in [0.2, 0.25) is 0 Å². The molecule has 0 radical (unpaired) electrons. The zero-order valence-corrected chi connectivity index (χ0v) is 31.9. The molecule has 4 aliphatic carbocycles. The number of para-hydroxylation sites is 2. The quantitative estimate of drug-likeness (QED) is 0.171. The topological polar surface area (TPSA) is 8.17 Å². The molecule has 0 aliphatic heterocycles. The smallest absolute Gasteiger partial charge is 0.0562 e. The van der Waals surface area contributed by atoms with Gasteiger partial charge in [-0.25, -0.2) is 0 Å². The highest BCUT2D eigenvalue weighted by atomic mass is 15.1. The molecule has 4 aliphatic rings. The second-order valence-electron chi connectivity index (χ2n) is 17.3. The molecule has 1 spiro atoms. The van der Waals surface area contributed by atoms with Crippen LogP contribution in [0.5, 0.6) is 0 Å². The monoisotopic (exact) mass is 730 g/mol. The van der Waals surface area contributed by atoms with Crippen LogP contribution >= 0.6 is 0 Å². The van der Waals surface area contributed by atoms with Crippen LogP contribution in [-0.4, -0.2) is 4.57 Å². The molecule has 3 saturated carbocycles. The average Bonchev–Trinajstić information content (AvgIpc) is 3.74. The zero-order valence-electron chi connectivity index (χ0n) is 31.9. The molecule has 13 rings (SSSR count). The van der Waals surface area contributed by atoms with E-state index in [4.69, 9.17) is 0 Å². The van der Waals surface area contributed by atoms with Crippen LogP contribution < -0.4 is 4.90 Å². The zero-order chi connectivity index (χ0) is 37.2. The Morgan fingerprint density at radius 1 is 0.509 bits per heavy atom. The Balaban J connectivity index is 1.04. The first-order valence-electron chi connectivity index (χ1n) is 21.0. The summed E-state index contributed by atoms with van der Waals surface area (Å²) in [4.78, 5) is 2.56. The predicted molar refractivity (Wildman–Crippen MR) is 237 cm³/mol. The normalized spacial score (nSPS) is 22.5. The number of hydrogen-bond acceptors (Lipinski definition) is 1. The number of aromatic nitrogens is 1. The Bertz CT molecular complexity index is 3060.